The normalized spacial score (nSPS) is 17.0. The molecular formula is C25H24N4O2. The van der Waals surface area contributed by atoms with Crippen LogP contribution < -0.4 is 5.32 Å². The highest BCUT2D eigenvalue weighted by Crippen LogP contribution is 2.26. The topological polar surface area (TPSA) is 71.3 Å². The molecule has 0 saturated carbocycles. The number of likely N-dealkylation sites (tertiary alicyclic amines) is 1. The van der Waals surface area contributed by atoms with E-state index in [2.05, 4.69) is 32.5 Å². The van der Waals surface area contributed by atoms with Crippen molar-refractivity contribution >= 4 is 22.4 Å². The smallest absolute Gasteiger partial charge is 0.241 e. The van der Waals surface area contributed by atoms with Gasteiger partial charge in [0.2, 0.25) is 17.6 Å². The monoisotopic (exact) mass is 412 g/mol. The Kier molecular flexibility index (Phi) is 5.46. The zero-order valence-electron chi connectivity index (χ0n) is 17.2. The molecule has 4 aromatic rings. The van der Waals surface area contributed by atoms with Crippen LogP contribution in [0.15, 0.2) is 77.3 Å². The molecule has 5 rings (SSSR count). The van der Waals surface area contributed by atoms with E-state index < -0.39 is 0 Å². The van der Waals surface area contributed by atoms with Crippen molar-refractivity contribution in [2.75, 3.05) is 18.4 Å². The molecule has 0 bridgehead atoms. The number of hydrogen-bond donors (Lipinski definition) is 1. The summed E-state index contributed by atoms with van der Waals surface area (Å²) in [6.07, 6.45) is 1.85. The van der Waals surface area contributed by atoms with Crippen molar-refractivity contribution in [3.8, 4) is 11.4 Å². The molecule has 1 saturated heterocycles. The Hall–Kier alpha value is -3.51. The summed E-state index contributed by atoms with van der Waals surface area (Å²) in [5, 5.41) is 9.43. The molecule has 1 aromatic heterocycles. The van der Waals surface area contributed by atoms with Gasteiger partial charge in [0.1, 0.15) is 0 Å². The maximum absolute atomic E-state index is 13.0. The highest BCUT2D eigenvalue weighted by atomic mass is 16.5. The van der Waals surface area contributed by atoms with Gasteiger partial charge in [-0.2, -0.15) is 4.98 Å². The third-order valence-corrected chi connectivity index (χ3v) is 5.78. The van der Waals surface area contributed by atoms with Gasteiger partial charge in [-0.3, -0.25) is 9.69 Å². The second-order valence-corrected chi connectivity index (χ2v) is 7.97. The number of carbonyl (C=O) groups excluding carboxylic acids is 1. The summed E-state index contributed by atoms with van der Waals surface area (Å²) in [5.41, 5.74) is 1.80. The van der Waals surface area contributed by atoms with E-state index in [1.54, 1.807) is 0 Å². The summed E-state index contributed by atoms with van der Waals surface area (Å²) in [5.74, 6) is 1.17. The first-order valence-electron chi connectivity index (χ1n) is 10.7. The van der Waals surface area contributed by atoms with Gasteiger partial charge >= 0.3 is 0 Å². The molecular weight excluding hydrogens is 388 g/mol. The Labute approximate surface area is 180 Å². The number of nitrogens with one attached hydrogen (secondary N) is 1. The zero-order valence-corrected chi connectivity index (χ0v) is 17.2. The van der Waals surface area contributed by atoms with Crippen LogP contribution in [0.5, 0.6) is 0 Å². The molecule has 1 aliphatic rings. The third kappa shape index (κ3) is 4.34. The number of fused-ring (bicyclic) bond motifs is 1. The van der Waals surface area contributed by atoms with E-state index in [-0.39, 0.29) is 11.8 Å². The number of amides is 1. The van der Waals surface area contributed by atoms with Gasteiger partial charge in [-0.25, -0.2) is 0 Å². The molecule has 156 valence electrons. The molecule has 0 radical (unpaired) electrons. The predicted octanol–water partition coefficient (Wildman–Crippen LogP) is 4.74. The number of piperidine rings is 1. The van der Waals surface area contributed by atoms with E-state index in [1.165, 1.54) is 0 Å². The fourth-order valence-corrected chi connectivity index (χ4v) is 4.20. The van der Waals surface area contributed by atoms with Crippen molar-refractivity contribution in [3.05, 3.63) is 78.7 Å². The second kappa shape index (κ2) is 8.70. The molecule has 6 nitrogen and oxygen atoms in total. The Morgan fingerprint density at radius 1 is 1.03 bits per heavy atom. The van der Waals surface area contributed by atoms with Gasteiger partial charge < -0.3 is 9.84 Å². The average Bonchev–Trinajstić information content (AvgIpc) is 3.28. The lowest BCUT2D eigenvalue weighted by molar-refractivity contribution is -0.121. The van der Waals surface area contributed by atoms with Crippen LogP contribution in [0.4, 0.5) is 5.69 Å². The van der Waals surface area contributed by atoms with Crippen LogP contribution in [0.25, 0.3) is 22.2 Å². The lowest BCUT2D eigenvalue weighted by Crippen LogP contribution is -2.40. The number of nitrogens with zero attached hydrogens (tertiary/aromatic N) is 3. The SMILES string of the molecule is O=C(Nc1cccc2ccccc12)C1CCCN(Cc2nc(-c3ccccc3)no2)C1. The average molecular weight is 412 g/mol. The van der Waals surface area contributed by atoms with Gasteiger partial charge in [-0.05, 0) is 30.8 Å². The highest BCUT2D eigenvalue weighted by Gasteiger charge is 2.27. The van der Waals surface area contributed by atoms with Crippen LogP contribution in [-0.4, -0.2) is 34.0 Å². The molecule has 1 aliphatic heterocycles. The largest absolute Gasteiger partial charge is 0.338 e. The number of benzene rings is 3. The van der Waals surface area contributed by atoms with Gasteiger partial charge in [-0.15, -0.1) is 0 Å². The molecule has 2 heterocycles. The maximum Gasteiger partial charge on any atom is 0.241 e. The second-order valence-electron chi connectivity index (χ2n) is 7.97. The van der Waals surface area contributed by atoms with E-state index in [4.69, 9.17) is 4.52 Å². The van der Waals surface area contributed by atoms with Crippen molar-refractivity contribution in [3.63, 3.8) is 0 Å². The van der Waals surface area contributed by atoms with Gasteiger partial charge in [-0.1, -0.05) is 71.9 Å². The Morgan fingerprint density at radius 2 is 1.84 bits per heavy atom. The van der Waals surface area contributed by atoms with Crippen molar-refractivity contribution < 1.29 is 9.32 Å². The minimum Gasteiger partial charge on any atom is -0.338 e. The van der Waals surface area contributed by atoms with E-state index >= 15 is 0 Å². The first-order chi connectivity index (χ1) is 15.3. The fourth-order valence-electron chi connectivity index (χ4n) is 4.20. The van der Waals surface area contributed by atoms with Gasteiger partial charge in [0.05, 0.1) is 12.5 Å². The third-order valence-electron chi connectivity index (χ3n) is 5.78. The van der Waals surface area contributed by atoms with Crippen LogP contribution in [0.3, 0.4) is 0 Å². The Balaban J connectivity index is 1.24. The number of hydrogen-bond acceptors (Lipinski definition) is 5. The standard InChI is InChI=1S/C25H24N4O2/c30-25(26-22-14-6-11-18-8-4-5-13-21(18)22)20-12-7-15-29(16-20)17-23-27-24(28-31-23)19-9-2-1-3-10-19/h1-6,8-11,13-14,20H,7,12,15-17H2,(H,26,30). The predicted molar refractivity (Wildman–Crippen MR) is 120 cm³/mol. The molecule has 1 N–H and O–H groups in total. The van der Waals surface area contributed by atoms with E-state index in [0.29, 0.717) is 24.8 Å². The maximum atomic E-state index is 13.0. The molecule has 3 aromatic carbocycles. The number of rotatable bonds is 5. The van der Waals surface area contributed by atoms with Crippen molar-refractivity contribution in [1.29, 1.82) is 0 Å². The van der Waals surface area contributed by atoms with Crippen LogP contribution in [0, 0.1) is 5.92 Å². The summed E-state index contributed by atoms with van der Waals surface area (Å²) in [6.45, 7) is 2.15. The van der Waals surface area contributed by atoms with E-state index in [1.807, 2.05) is 60.7 Å². The minimum atomic E-state index is -0.0655. The Bertz CT molecular complexity index is 1180. The Morgan fingerprint density at radius 3 is 2.74 bits per heavy atom. The summed E-state index contributed by atoms with van der Waals surface area (Å²) >= 11 is 0. The molecule has 1 fully saturated rings. The van der Waals surface area contributed by atoms with E-state index in [0.717, 1.165) is 41.4 Å². The summed E-state index contributed by atoms with van der Waals surface area (Å²) in [7, 11) is 0. The van der Waals surface area contributed by atoms with Gasteiger partial charge in [0, 0.05) is 23.2 Å². The van der Waals surface area contributed by atoms with Crippen molar-refractivity contribution in [2.24, 2.45) is 5.92 Å². The molecule has 1 unspecified atom stereocenters. The zero-order chi connectivity index (χ0) is 21.0. The van der Waals surface area contributed by atoms with Crippen LogP contribution >= 0.6 is 0 Å². The van der Waals surface area contributed by atoms with Crippen LogP contribution in [-0.2, 0) is 11.3 Å². The molecule has 0 aliphatic carbocycles. The quantitative estimate of drug-likeness (QED) is 0.513. The lowest BCUT2D eigenvalue weighted by atomic mass is 9.96. The molecule has 1 amide bonds. The lowest BCUT2D eigenvalue weighted by Gasteiger charge is -2.31. The molecule has 1 atom stereocenters. The van der Waals surface area contributed by atoms with Crippen molar-refractivity contribution in [2.45, 2.75) is 19.4 Å². The first-order valence-corrected chi connectivity index (χ1v) is 10.7. The molecule has 0 spiro atoms. The number of anilines is 1. The van der Waals surface area contributed by atoms with Crippen molar-refractivity contribution in [1.82, 2.24) is 15.0 Å². The fraction of sp³-hybridized carbons (Fsp3) is 0.240. The summed E-state index contributed by atoms with van der Waals surface area (Å²) in [6, 6.07) is 23.9. The number of carbonyl (C=O) groups is 1. The van der Waals surface area contributed by atoms with E-state index in [9.17, 15) is 4.79 Å². The molecule has 31 heavy (non-hydrogen) atoms. The first kappa shape index (κ1) is 19.5. The van der Waals surface area contributed by atoms with Crippen LogP contribution in [0.2, 0.25) is 0 Å². The van der Waals surface area contributed by atoms with Gasteiger partial charge in [0.15, 0.2) is 0 Å². The molecule has 6 heteroatoms. The van der Waals surface area contributed by atoms with Crippen LogP contribution in [0.1, 0.15) is 18.7 Å². The number of aromatic nitrogens is 2. The minimum absolute atomic E-state index is 0.0655. The van der Waals surface area contributed by atoms with Gasteiger partial charge in [0.25, 0.3) is 0 Å². The highest BCUT2D eigenvalue weighted by molar-refractivity contribution is 6.02. The summed E-state index contributed by atoms with van der Waals surface area (Å²) in [4.78, 5) is 19.8. The summed E-state index contributed by atoms with van der Waals surface area (Å²) < 4.78 is 5.46.